The Morgan fingerprint density at radius 1 is 1.40 bits per heavy atom. The highest BCUT2D eigenvalue weighted by molar-refractivity contribution is 5.93. The van der Waals surface area contributed by atoms with Gasteiger partial charge in [-0.25, -0.2) is 0 Å². The number of hydrogen-bond donors (Lipinski definition) is 3. The predicted octanol–water partition coefficient (Wildman–Crippen LogP) is 1.97. The second-order valence-electron chi connectivity index (χ2n) is 4.62. The molecule has 0 aliphatic rings. The highest BCUT2D eigenvalue weighted by Gasteiger charge is 2.14. The maximum absolute atomic E-state index is 12.1. The van der Waals surface area contributed by atoms with E-state index < -0.39 is 0 Å². The summed E-state index contributed by atoms with van der Waals surface area (Å²) >= 11 is 0. The SMILES string of the molecule is CCC(CCO)NC(=O)c1cc(-c2ccccc2)n[nH]1. The first kappa shape index (κ1) is 14.3. The summed E-state index contributed by atoms with van der Waals surface area (Å²) in [4.78, 5) is 12.1. The Balaban J connectivity index is 2.07. The van der Waals surface area contributed by atoms with Crippen molar-refractivity contribution in [1.82, 2.24) is 15.5 Å². The highest BCUT2D eigenvalue weighted by atomic mass is 16.3. The fourth-order valence-electron chi connectivity index (χ4n) is 1.99. The highest BCUT2D eigenvalue weighted by Crippen LogP contribution is 2.16. The summed E-state index contributed by atoms with van der Waals surface area (Å²) in [6.07, 6.45) is 1.34. The molecule has 1 aromatic carbocycles. The van der Waals surface area contributed by atoms with Crippen molar-refractivity contribution in [3.05, 3.63) is 42.1 Å². The zero-order chi connectivity index (χ0) is 14.4. The summed E-state index contributed by atoms with van der Waals surface area (Å²) in [5, 5.41) is 18.7. The summed E-state index contributed by atoms with van der Waals surface area (Å²) in [7, 11) is 0. The first-order valence-electron chi connectivity index (χ1n) is 6.77. The molecule has 0 fully saturated rings. The lowest BCUT2D eigenvalue weighted by Crippen LogP contribution is -2.35. The van der Waals surface area contributed by atoms with Crippen LogP contribution in [0.3, 0.4) is 0 Å². The quantitative estimate of drug-likeness (QED) is 0.753. The average molecular weight is 273 g/mol. The van der Waals surface area contributed by atoms with Gasteiger partial charge in [0.1, 0.15) is 5.69 Å². The van der Waals surface area contributed by atoms with Crippen molar-refractivity contribution >= 4 is 5.91 Å². The minimum atomic E-state index is -0.194. The monoisotopic (exact) mass is 273 g/mol. The van der Waals surface area contributed by atoms with E-state index in [1.165, 1.54) is 0 Å². The van der Waals surface area contributed by atoms with Gasteiger partial charge in [-0.1, -0.05) is 37.3 Å². The third-order valence-electron chi connectivity index (χ3n) is 3.20. The molecule has 1 amide bonds. The molecule has 0 saturated carbocycles. The van der Waals surface area contributed by atoms with Gasteiger partial charge in [0.2, 0.25) is 0 Å². The topological polar surface area (TPSA) is 78.0 Å². The van der Waals surface area contributed by atoms with E-state index in [0.29, 0.717) is 12.1 Å². The first-order valence-corrected chi connectivity index (χ1v) is 6.77. The van der Waals surface area contributed by atoms with Crippen LogP contribution in [-0.4, -0.2) is 33.9 Å². The maximum atomic E-state index is 12.1. The number of carbonyl (C=O) groups is 1. The minimum Gasteiger partial charge on any atom is -0.396 e. The third-order valence-corrected chi connectivity index (χ3v) is 3.20. The lowest BCUT2D eigenvalue weighted by Gasteiger charge is -2.14. The van der Waals surface area contributed by atoms with E-state index >= 15 is 0 Å². The van der Waals surface area contributed by atoms with E-state index in [9.17, 15) is 4.79 Å². The van der Waals surface area contributed by atoms with Crippen molar-refractivity contribution in [3.8, 4) is 11.3 Å². The number of rotatable bonds is 6. The fourth-order valence-corrected chi connectivity index (χ4v) is 1.99. The van der Waals surface area contributed by atoms with Crippen molar-refractivity contribution < 1.29 is 9.90 Å². The summed E-state index contributed by atoms with van der Waals surface area (Å²) in [6.45, 7) is 2.04. The number of benzene rings is 1. The predicted molar refractivity (Wildman–Crippen MR) is 77.3 cm³/mol. The van der Waals surface area contributed by atoms with Gasteiger partial charge in [0.05, 0.1) is 5.69 Å². The molecule has 0 radical (unpaired) electrons. The second-order valence-corrected chi connectivity index (χ2v) is 4.62. The molecule has 3 N–H and O–H groups in total. The molecule has 1 aromatic heterocycles. The number of hydrogen-bond acceptors (Lipinski definition) is 3. The molecule has 0 aliphatic carbocycles. The molecule has 0 spiro atoms. The molecule has 5 heteroatoms. The van der Waals surface area contributed by atoms with Crippen molar-refractivity contribution in [2.75, 3.05) is 6.61 Å². The molecule has 0 bridgehead atoms. The summed E-state index contributed by atoms with van der Waals surface area (Å²) in [5.74, 6) is -0.194. The van der Waals surface area contributed by atoms with Crippen LogP contribution in [0.5, 0.6) is 0 Å². The number of nitrogens with zero attached hydrogens (tertiary/aromatic N) is 1. The van der Waals surface area contributed by atoms with Gasteiger partial charge >= 0.3 is 0 Å². The molecule has 2 aromatic rings. The van der Waals surface area contributed by atoms with Crippen molar-refractivity contribution in [2.24, 2.45) is 0 Å². The molecule has 0 aliphatic heterocycles. The molecule has 1 atom stereocenters. The Morgan fingerprint density at radius 3 is 2.80 bits per heavy atom. The van der Waals surface area contributed by atoms with Gasteiger partial charge in [-0.3, -0.25) is 9.89 Å². The van der Waals surface area contributed by atoms with Gasteiger partial charge in [-0.15, -0.1) is 0 Å². The first-order chi connectivity index (χ1) is 9.74. The maximum Gasteiger partial charge on any atom is 0.269 e. The van der Waals surface area contributed by atoms with Crippen LogP contribution in [0.2, 0.25) is 0 Å². The molecule has 5 nitrogen and oxygen atoms in total. The normalized spacial score (nSPS) is 12.1. The molecule has 20 heavy (non-hydrogen) atoms. The fraction of sp³-hybridized carbons (Fsp3) is 0.333. The number of H-pyrrole nitrogens is 1. The van der Waals surface area contributed by atoms with Gasteiger partial charge in [0.25, 0.3) is 5.91 Å². The molecular formula is C15H19N3O2. The van der Waals surface area contributed by atoms with E-state index in [0.717, 1.165) is 17.7 Å². The average Bonchev–Trinajstić information content (AvgIpc) is 2.97. The standard InChI is InChI=1S/C15H19N3O2/c1-2-12(8-9-19)16-15(20)14-10-13(17-18-14)11-6-4-3-5-7-11/h3-7,10,12,19H,2,8-9H2,1H3,(H,16,20)(H,17,18). The Morgan fingerprint density at radius 2 is 2.15 bits per heavy atom. The van der Waals surface area contributed by atoms with Crippen LogP contribution in [0.25, 0.3) is 11.3 Å². The van der Waals surface area contributed by atoms with Crippen molar-refractivity contribution in [1.29, 1.82) is 0 Å². The number of nitrogens with one attached hydrogen (secondary N) is 2. The van der Waals surface area contributed by atoms with E-state index in [-0.39, 0.29) is 18.6 Å². The summed E-state index contributed by atoms with van der Waals surface area (Å²) in [5.41, 5.74) is 2.14. The van der Waals surface area contributed by atoms with Crippen LogP contribution in [0.15, 0.2) is 36.4 Å². The molecule has 0 saturated heterocycles. The largest absolute Gasteiger partial charge is 0.396 e. The zero-order valence-corrected chi connectivity index (χ0v) is 11.5. The van der Waals surface area contributed by atoms with E-state index in [2.05, 4.69) is 15.5 Å². The molecule has 2 rings (SSSR count). The Labute approximate surface area is 118 Å². The Bertz CT molecular complexity index is 551. The number of aromatic amines is 1. The lowest BCUT2D eigenvalue weighted by atomic mass is 10.1. The van der Waals surface area contributed by atoms with Crippen molar-refractivity contribution in [2.45, 2.75) is 25.8 Å². The number of carbonyl (C=O) groups excluding carboxylic acids is 1. The molecule has 1 unspecified atom stereocenters. The zero-order valence-electron chi connectivity index (χ0n) is 11.5. The summed E-state index contributed by atoms with van der Waals surface area (Å²) in [6, 6.07) is 11.4. The van der Waals surface area contributed by atoms with E-state index in [1.807, 2.05) is 37.3 Å². The van der Waals surface area contributed by atoms with Crippen LogP contribution >= 0.6 is 0 Å². The van der Waals surface area contributed by atoms with Gasteiger partial charge in [-0.2, -0.15) is 5.10 Å². The number of aliphatic hydroxyl groups is 1. The molecule has 106 valence electrons. The van der Waals surface area contributed by atoms with Crippen LogP contribution in [0.1, 0.15) is 30.3 Å². The Hall–Kier alpha value is -2.14. The molecule has 1 heterocycles. The Kier molecular flexibility index (Phi) is 4.90. The van der Waals surface area contributed by atoms with Gasteiger partial charge in [0.15, 0.2) is 0 Å². The van der Waals surface area contributed by atoms with Crippen LogP contribution in [0.4, 0.5) is 0 Å². The van der Waals surface area contributed by atoms with Crippen LogP contribution in [0, 0.1) is 0 Å². The second kappa shape index (κ2) is 6.86. The lowest BCUT2D eigenvalue weighted by molar-refractivity contribution is 0.0924. The number of aliphatic hydroxyl groups excluding tert-OH is 1. The molecular weight excluding hydrogens is 254 g/mol. The number of aromatic nitrogens is 2. The van der Waals surface area contributed by atoms with Crippen molar-refractivity contribution in [3.63, 3.8) is 0 Å². The van der Waals surface area contributed by atoms with E-state index in [4.69, 9.17) is 5.11 Å². The van der Waals surface area contributed by atoms with Gasteiger partial charge in [-0.05, 0) is 18.9 Å². The van der Waals surface area contributed by atoms with Gasteiger partial charge < -0.3 is 10.4 Å². The smallest absolute Gasteiger partial charge is 0.269 e. The van der Waals surface area contributed by atoms with Gasteiger partial charge in [0, 0.05) is 18.2 Å². The van der Waals surface area contributed by atoms with E-state index in [1.54, 1.807) is 6.07 Å². The number of amides is 1. The van der Waals surface area contributed by atoms with Crippen LogP contribution < -0.4 is 5.32 Å². The third kappa shape index (κ3) is 3.45. The van der Waals surface area contributed by atoms with Crippen LogP contribution in [-0.2, 0) is 0 Å². The summed E-state index contributed by atoms with van der Waals surface area (Å²) < 4.78 is 0. The minimum absolute atomic E-state index is 0.0176.